The van der Waals surface area contributed by atoms with E-state index in [-0.39, 0.29) is 18.1 Å². The molecule has 192 valence electrons. The van der Waals surface area contributed by atoms with Gasteiger partial charge in [-0.3, -0.25) is 0 Å². The molecule has 0 saturated carbocycles. The molecule has 37 heavy (non-hydrogen) atoms. The standard InChI is InChI=1S/C27H32N8O2/c1-3-28-27(36)32-21-9-7-20(8-10-21)25-31-22(17-24(33-25)34-14-15-37-18-19(34)2)16-23-6-4-13-35(23)26-29-11-5-12-30-26/h4-5,7-13,17,19,23H,3,6,14-16,18H2,1-2H3,(H2,28,32,36)/t19-,23?/m0/s1. The number of amides is 2. The molecule has 4 heterocycles. The Kier molecular flexibility index (Phi) is 7.55. The predicted molar refractivity (Wildman–Crippen MR) is 144 cm³/mol. The van der Waals surface area contributed by atoms with Gasteiger partial charge in [0, 0.05) is 67.2 Å². The molecule has 1 aromatic carbocycles. The zero-order chi connectivity index (χ0) is 25.6. The van der Waals surface area contributed by atoms with Crippen molar-refractivity contribution in [3.05, 3.63) is 66.8 Å². The number of aromatic nitrogens is 4. The van der Waals surface area contributed by atoms with Gasteiger partial charge >= 0.3 is 6.03 Å². The van der Waals surface area contributed by atoms with E-state index in [2.05, 4.69) is 49.5 Å². The molecule has 2 aliphatic rings. The van der Waals surface area contributed by atoms with Crippen LogP contribution in [0.3, 0.4) is 0 Å². The van der Waals surface area contributed by atoms with Gasteiger partial charge in [0.05, 0.1) is 19.3 Å². The van der Waals surface area contributed by atoms with Crippen LogP contribution in [0.2, 0.25) is 0 Å². The number of morpholine rings is 1. The van der Waals surface area contributed by atoms with Crippen LogP contribution in [0.15, 0.2) is 61.1 Å². The first kappa shape index (κ1) is 24.6. The molecule has 1 unspecified atom stereocenters. The minimum atomic E-state index is -0.228. The highest BCUT2D eigenvalue weighted by Crippen LogP contribution is 2.27. The molecule has 0 bridgehead atoms. The number of benzene rings is 1. The molecule has 2 N–H and O–H groups in total. The minimum Gasteiger partial charge on any atom is -0.377 e. The van der Waals surface area contributed by atoms with E-state index in [1.165, 1.54) is 0 Å². The number of ether oxygens (including phenoxy) is 1. The summed E-state index contributed by atoms with van der Waals surface area (Å²) >= 11 is 0. The molecule has 10 nitrogen and oxygen atoms in total. The van der Waals surface area contributed by atoms with Crippen molar-refractivity contribution in [1.82, 2.24) is 25.3 Å². The Balaban J connectivity index is 1.43. The van der Waals surface area contributed by atoms with Crippen LogP contribution < -0.4 is 20.4 Å². The summed E-state index contributed by atoms with van der Waals surface area (Å²) in [6, 6.07) is 11.7. The van der Waals surface area contributed by atoms with Gasteiger partial charge in [-0.05, 0) is 50.6 Å². The van der Waals surface area contributed by atoms with Gasteiger partial charge in [0.25, 0.3) is 0 Å². The van der Waals surface area contributed by atoms with Crippen LogP contribution in [-0.2, 0) is 11.2 Å². The molecule has 2 aliphatic heterocycles. The summed E-state index contributed by atoms with van der Waals surface area (Å²) in [6.07, 6.45) is 9.33. The van der Waals surface area contributed by atoms with Crippen molar-refractivity contribution in [2.24, 2.45) is 0 Å². The lowest BCUT2D eigenvalue weighted by Crippen LogP contribution is -2.44. The van der Waals surface area contributed by atoms with Crippen LogP contribution in [0.4, 0.5) is 22.2 Å². The molecule has 2 aromatic heterocycles. The van der Waals surface area contributed by atoms with E-state index in [4.69, 9.17) is 14.7 Å². The SMILES string of the molecule is CCNC(=O)Nc1ccc(-c2nc(CC3CC=CN3c3ncccn3)cc(N3CCOC[C@@H]3C)n2)cc1. The van der Waals surface area contributed by atoms with E-state index in [9.17, 15) is 4.79 Å². The summed E-state index contributed by atoms with van der Waals surface area (Å²) in [4.78, 5) is 35.1. The Morgan fingerprint density at radius 1 is 1.16 bits per heavy atom. The van der Waals surface area contributed by atoms with Crippen LogP contribution in [0.25, 0.3) is 11.4 Å². The summed E-state index contributed by atoms with van der Waals surface area (Å²) in [6.45, 7) is 6.72. The number of carbonyl (C=O) groups excluding carboxylic acids is 1. The zero-order valence-electron chi connectivity index (χ0n) is 21.2. The second kappa shape index (κ2) is 11.3. The van der Waals surface area contributed by atoms with Crippen molar-refractivity contribution in [2.45, 2.75) is 38.8 Å². The Labute approximate surface area is 216 Å². The molecular formula is C27H32N8O2. The first-order valence-electron chi connectivity index (χ1n) is 12.7. The van der Waals surface area contributed by atoms with Crippen LogP contribution in [0, 0.1) is 0 Å². The van der Waals surface area contributed by atoms with E-state index in [1.54, 1.807) is 12.4 Å². The second-order valence-corrected chi connectivity index (χ2v) is 9.15. The third-order valence-corrected chi connectivity index (χ3v) is 6.46. The molecule has 0 aliphatic carbocycles. The molecule has 1 saturated heterocycles. The summed E-state index contributed by atoms with van der Waals surface area (Å²) in [5.41, 5.74) is 2.56. The molecular weight excluding hydrogens is 468 g/mol. The minimum absolute atomic E-state index is 0.170. The number of rotatable bonds is 7. The van der Waals surface area contributed by atoms with E-state index in [1.807, 2.05) is 43.5 Å². The number of nitrogens with zero attached hydrogens (tertiary/aromatic N) is 6. The molecule has 2 amide bonds. The molecule has 0 radical (unpaired) electrons. The van der Waals surface area contributed by atoms with Gasteiger partial charge in [0.2, 0.25) is 5.95 Å². The van der Waals surface area contributed by atoms with Crippen LogP contribution in [0.1, 0.15) is 26.0 Å². The van der Waals surface area contributed by atoms with E-state index in [0.717, 1.165) is 36.5 Å². The maximum atomic E-state index is 11.9. The topological polar surface area (TPSA) is 108 Å². The summed E-state index contributed by atoms with van der Waals surface area (Å²) in [5, 5.41) is 5.57. The Bertz CT molecular complexity index is 1230. The molecule has 3 aromatic rings. The van der Waals surface area contributed by atoms with E-state index < -0.39 is 0 Å². The monoisotopic (exact) mass is 500 g/mol. The zero-order valence-corrected chi connectivity index (χ0v) is 21.2. The first-order valence-corrected chi connectivity index (χ1v) is 12.7. The van der Waals surface area contributed by atoms with Crippen molar-refractivity contribution < 1.29 is 9.53 Å². The van der Waals surface area contributed by atoms with Crippen molar-refractivity contribution in [3.63, 3.8) is 0 Å². The summed E-state index contributed by atoms with van der Waals surface area (Å²) in [7, 11) is 0. The van der Waals surface area contributed by atoms with E-state index in [0.29, 0.717) is 37.2 Å². The van der Waals surface area contributed by atoms with Crippen molar-refractivity contribution in [3.8, 4) is 11.4 Å². The first-order chi connectivity index (χ1) is 18.1. The van der Waals surface area contributed by atoms with Crippen molar-refractivity contribution in [2.75, 3.05) is 41.4 Å². The van der Waals surface area contributed by atoms with E-state index >= 15 is 0 Å². The van der Waals surface area contributed by atoms with Gasteiger partial charge in [0.1, 0.15) is 5.82 Å². The molecule has 2 atom stereocenters. The highest BCUT2D eigenvalue weighted by molar-refractivity contribution is 5.89. The summed E-state index contributed by atoms with van der Waals surface area (Å²) in [5.74, 6) is 2.24. The van der Waals surface area contributed by atoms with Crippen molar-refractivity contribution in [1.29, 1.82) is 0 Å². The van der Waals surface area contributed by atoms with Gasteiger partial charge < -0.3 is 25.2 Å². The number of anilines is 3. The van der Waals surface area contributed by atoms with Crippen molar-refractivity contribution >= 4 is 23.5 Å². The largest absolute Gasteiger partial charge is 0.377 e. The van der Waals surface area contributed by atoms with Crippen LogP contribution >= 0.6 is 0 Å². The molecule has 5 rings (SSSR count). The Morgan fingerprint density at radius 3 is 2.73 bits per heavy atom. The third-order valence-electron chi connectivity index (χ3n) is 6.46. The Morgan fingerprint density at radius 2 is 1.97 bits per heavy atom. The second-order valence-electron chi connectivity index (χ2n) is 9.15. The number of carbonyl (C=O) groups is 1. The Hall–Kier alpha value is -4.05. The molecule has 10 heteroatoms. The summed E-state index contributed by atoms with van der Waals surface area (Å²) < 4.78 is 5.66. The average molecular weight is 501 g/mol. The number of nitrogens with one attached hydrogen (secondary N) is 2. The molecule has 1 fully saturated rings. The predicted octanol–water partition coefficient (Wildman–Crippen LogP) is 3.64. The van der Waals surface area contributed by atoms with Gasteiger partial charge in [-0.2, -0.15) is 0 Å². The highest BCUT2D eigenvalue weighted by atomic mass is 16.5. The number of hydrogen-bond donors (Lipinski definition) is 2. The lowest BCUT2D eigenvalue weighted by Gasteiger charge is -2.34. The average Bonchev–Trinajstić information content (AvgIpc) is 3.38. The fraction of sp³-hybridized carbons (Fsp3) is 0.370. The lowest BCUT2D eigenvalue weighted by molar-refractivity contribution is 0.0985. The highest BCUT2D eigenvalue weighted by Gasteiger charge is 2.26. The maximum absolute atomic E-state index is 11.9. The van der Waals surface area contributed by atoms with Gasteiger partial charge in [0.15, 0.2) is 5.82 Å². The molecule has 0 spiro atoms. The van der Waals surface area contributed by atoms with Gasteiger partial charge in [-0.15, -0.1) is 0 Å². The van der Waals surface area contributed by atoms with Gasteiger partial charge in [-0.25, -0.2) is 24.7 Å². The number of hydrogen-bond acceptors (Lipinski definition) is 8. The quantitative estimate of drug-likeness (QED) is 0.506. The fourth-order valence-electron chi connectivity index (χ4n) is 4.61. The smallest absolute Gasteiger partial charge is 0.319 e. The normalized spacial score (nSPS) is 19.2. The third kappa shape index (κ3) is 5.86. The number of urea groups is 1. The van der Waals surface area contributed by atoms with Gasteiger partial charge in [-0.1, -0.05) is 6.08 Å². The van der Waals surface area contributed by atoms with Crippen LogP contribution in [0.5, 0.6) is 0 Å². The fourth-order valence-corrected chi connectivity index (χ4v) is 4.61. The van der Waals surface area contributed by atoms with Crippen LogP contribution in [-0.4, -0.2) is 64.4 Å². The lowest BCUT2D eigenvalue weighted by atomic mass is 10.1. The maximum Gasteiger partial charge on any atom is 0.319 e.